The molecule has 1 saturated heterocycles. The zero-order valence-electron chi connectivity index (χ0n) is 39.9. The van der Waals surface area contributed by atoms with Gasteiger partial charge >= 0.3 is 0 Å². The zero-order valence-corrected chi connectivity index (χ0v) is 39.9. The van der Waals surface area contributed by atoms with Crippen molar-refractivity contribution in [3.8, 4) is 5.75 Å². The molecule has 17 N–H and O–H groups in total. The molecular weight excluding hydrogens is 919 g/mol. The fourth-order valence-corrected chi connectivity index (χ4v) is 7.03. The normalized spacial score (nSPS) is 20.7. The molecule has 7 atom stereocenters. The van der Waals surface area contributed by atoms with E-state index >= 15 is 0 Å². The molecule has 12 amide bonds. The first-order chi connectivity index (χ1) is 32.9. The lowest BCUT2D eigenvalue weighted by atomic mass is 9.96. The molecule has 1 fully saturated rings. The number of phenols is 1. The third-order valence-electron chi connectivity index (χ3n) is 11.0. The summed E-state index contributed by atoms with van der Waals surface area (Å²) in [5.74, 6) is -11.9. The van der Waals surface area contributed by atoms with E-state index in [0.29, 0.717) is 12.0 Å². The number of carbonyl (C=O) groups excluding carboxylic acids is 12. The topological polar surface area (TPSA) is 429 Å². The van der Waals surface area contributed by atoms with E-state index in [-0.39, 0.29) is 44.0 Å². The smallest absolute Gasteiger partial charge is 0.245 e. The SMILES string of the molecule is CC[C@H](C)[C@@H]1NC(=O)[C@H](Cc2ccc(O)cc2)NC(=O)CNC(=O)CC[C@@H](C(=O)N(CCCN)CC(=O)N[C@@H](CC(C)C)C(=O)NCC(N)=O)NC(=O)[C@H](CC(N)=O)NC(=O)[C@H](CCC(N)=O)NC1=O. The van der Waals surface area contributed by atoms with Crippen LogP contribution in [0.2, 0.25) is 0 Å². The van der Waals surface area contributed by atoms with Crippen LogP contribution in [0.25, 0.3) is 0 Å². The van der Waals surface area contributed by atoms with E-state index in [1.807, 2.05) is 0 Å². The first-order valence-corrected chi connectivity index (χ1v) is 22.9. The van der Waals surface area contributed by atoms with Gasteiger partial charge in [-0.25, -0.2) is 0 Å². The highest BCUT2D eigenvalue weighted by molar-refractivity contribution is 5.99. The molecule has 0 aromatic heterocycles. The molecule has 0 saturated carbocycles. The van der Waals surface area contributed by atoms with E-state index < -0.39 is 165 Å². The number of nitrogens with one attached hydrogen (secondary N) is 8. The number of carbonyl (C=O) groups is 12. The summed E-state index contributed by atoms with van der Waals surface area (Å²) < 4.78 is 0. The van der Waals surface area contributed by atoms with Crippen LogP contribution in [0.3, 0.4) is 0 Å². The fraction of sp³-hybridized carbons (Fsp3) is 0.591. The minimum atomic E-state index is -1.85. The van der Waals surface area contributed by atoms with Crippen molar-refractivity contribution in [3.05, 3.63) is 29.8 Å². The molecule has 1 aromatic rings. The Balaban J connectivity index is 2.68. The summed E-state index contributed by atoms with van der Waals surface area (Å²) in [6.07, 6.45) is -2.45. The Kier molecular flexibility index (Phi) is 24.8. The predicted molar refractivity (Wildman–Crippen MR) is 249 cm³/mol. The van der Waals surface area contributed by atoms with Crippen molar-refractivity contribution in [1.29, 1.82) is 0 Å². The Bertz CT molecular complexity index is 2050. The maximum Gasteiger partial charge on any atom is 0.245 e. The summed E-state index contributed by atoms with van der Waals surface area (Å²) in [6, 6.07) is -3.38. The largest absolute Gasteiger partial charge is 0.508 e. The fourth-order valence-electron chi connectivity index (χ4n) is 7.03. The van der Waals surface area contributed by atoms with Crippen LogP contribution in [-0.4, -0.2) is 150 Å². The van der Waals surface area contributed by atoms with Gasteiger partial charge in [0.05, 0.1) is 26.1 Å². The second kappa shape index (κ2) is 29.5. The van der Waals surface area contributed by atoms with Gasteiger partial charge in [-0.1, -0.05) is 46.2 Å². The molecule has 0 spiro atoms. The summed E-state index contributed by atoms with van der Waals surface area (Å²) in [4.78, 5) is 160. The number of amides is 12. The standard InChI is InChI=1S/C44H69N13O13/c1-5-24(4)38-43(69)53-27(11-13-32(46)59)40(66)55-31(19-33(47)60)41(67)54-28(12-14-35(62)49-21-36(63)51-30(42(68)56-38)18-25-7-9-26(58)10-8-25)44(70)57(16-6-15-45)22-37(64)52-29(17-23(2)3)39(65)50-20-34(48)61/h7-10,23-24,27-31,38,58H,5-6,11-22,45H2,1-4H3,(H2,46,59)(H2,47,60)(H2,48,61)(H,49,62)(H,50,65)(H,51,63)(H,52,64)(H,53,69)(H,54,67)(H,55,66)(H,56,68)/t24-,27-,28-,29-,30-,31-,38-/m0/s1. The summed E-state index contributed by atoms with van der Waals surface area (Å²) in [5, 5.41) is 29.5. The zero-order chi connectivity index (χ0) is 52.7. The first kappa shape index (κ1) is 58.7. The summed E-state index contributed by atoms with van der Waals surface area (Å²) >= 11 is 0. The van der Waals surface area contributed by atoms with Crippen LogP contribution in [0.1, 0.15) is 84.6 Å². The molecule has 0 radical (unpaired) electrons. The number of hydrogen-bond acceptors (Lipinski definition) is 14. The quantitative estimate of drug-likeness (QED) is 0.0548. The highest BCUT2D eigenvalue weighted by Gasteiger charge is 2.36. The van der Waals surface area contributed by atoms with E-state index in [1.165, 1.54) is 24.3 Å². The Morgan fingerprint density at radius 1 is 0.786 bits per heavy atom. The molecule has 2 rings (SSSR count). The third kappa shape index (κ3) is 21.3. The molecule has 0 aliphatic carbocycles. The second-order valence-corrected chi connectivity index (χ2v) is 17.4. The second-order valence-electron chi connectivity index (χ2n) is 17.4. The van der Waals surface area contributed by atoms with Crippen LogP contribution in [0, 0.1) is 11.8 Å². The van der Waals surface area contributed by atoms with Crippen LogP contribution >= 0.6 is 0 Å². The van der Waals surface area contributed by atoms with E-state index in [1.54, 1.807) is 27.7 Å². The number of nitrogens with two attached hydrogens (primary N) is 4. The number of benzene rings is 1. The lowest BCUT2D eigenvalue weighted by Gasteiger charge is -2.30. The van der Waals surface area contributed by atoms with Crippen molar-refractivity contribution in [3.63, 3.8) is 0 Å². The summed E-state index contributed by atoms with van der Waals surface area (Å²) in [6.45, 7) is 4.79. The van der Waals surface area contributed by atoms with E-state index in [0.717, 1.165) is 4.90 Å². The number of nitrogens with zero attached hydrogens (tertiary/aromatic N) is 1. The van der Waals surface area contributed by atoms with Crippen molar-refractivity contribution in [1.82, 2.24) is 47.4 Å². The minimum Gasteiger partial charge on any atom is -0.508 e. The number of primary amides is 3. The summed E-state index contributed by atoms with van der Waals surface area (Å²) in [7, 11) is 0. The van der Waals surface area contributed by atoms with Crippen molar-refractivity contribution in [2.24, 2.45) is 34.8 Å². The van der Waals surface area contributed by atoms with Crippen LogP contribution in [0.4, 0.5) is 0 Å². The van der Waals surface area contributed by atoms with Crippen LogP contribution in [-0.2, 0) is 64.0 Å². The average Bonchev–Trinajstić information content (AvgIpc) is 3.29. The van der Waals surface area contributed by atoms with Gasteiger partial charge in [-0.15, -0.1) is 0 Å². The molecule has 1 heterocycles. The number of aromatic hydroxyl groups is 1. The lowest BCUT2D eigenvalue weighted by molar-refractivity contribution is -0.141. The highest BCUT2D eigenvalue weighted by Crippen LogP contribution is 2.15. The Hall–Kier alpha value is -7.38. The molecule has 388 valence electrons. The Morgan fingerprint density at radius 2 is 1.41 bits per heavy atom. The van der Waals surface area contributed by atoms with Gasteiger partial charge in [0.1, 0.15) is 42.0 Å². The number of phenolic OH excluding ortho intramolecular Hbond substituents is 1. The first-order valence-electron chi connectivity index (χ1n) is 22.9. The van der Waals surface area contributed by atoms with Gasteiger partial charge in [-0.05, 0) is 61.8 Å². The molecule has 70 heavy (non-hydrogen) atoms. The molecule has 26 nitrogen and oxygen atoms in total. The van der Waals surface area contributed by atoms with Crippen molar-refractivity contribution in [2.75, 3.05) is 32.7 Å². The number of rotatable bonds is 21. The number of hydrogen-bond donors (Lipinski definition) is 13. The lowest BCUT2D eigenvalue weighted by Crippen LogP contribution is -2.61. The summed E-state index contributed by atoms with van der Waals surface area (Å²) in [5.41, 5.74) is 22.2. The van der Waals surface area contributed by atoms with E-state index in [4.69, 9.17) is 22.9 Å². The van der Waals surface area contributed by atoms with Crippen molar-refractivity contribution in [2.45, 2.75) is 122 Å². The molecule has 26 heteroatoms. The van der Waals surface area contributed by atoms with Crippen LogP contribution < -0.4 is 65.5 Å². The van der Waals surface area contributed by atoms with Gasteiger partial charge in [0.25, 0.3) is 0 Å². The van der Waals surface area contributed by atoms with Crippen molar-refractivity contribution >= 4 is 70.9 Å². The molecule has 1 aromatic carbocycles. The van der Waals surface area contributed by atoms with E-state index in [9.17, 15) is 62.6 Å². The van der Waals surface area contributed by atoms with E-state index in [2.05, 4.69) is 42.5 Å². The Morgan fingerprint density at radius 3 is 2.00 bits per heavy atom. The molecular formula is C44H69N13O13. The van der Waals surface area contributed by atoms with Gasteiger partial charge < -0.3 is 75.5 Å². The van der Waals surface area contributed by atoms with Gasteiger partial charge in [-0.2, -0.15) is 0 Å². The molecule has 0 bridgehead atoms. The highest BCUT2D eigenvalue weighted by atomic mass is 16.3. The van der Waals surface area contributed by atoms with Crippen LogP contribution in [0.5, 0.6) is 5.75 Å². The minimum absolute atomic E-state index is 0.0220. The maximum absolute atomic E-state index is 14.4. The maximum atomic E-state index is 14.4. The third-order valence-corrected chi connectivity index (χ3v) is 11.0. The predicted octanol–water partition coefficient (Wildman–Crippen LogP) is -5.23. The van der Waals surface area contributed by atoms with Gasteiger partial charge in [0, 0.05) is 25.8 Å². The average molecular weight is 988 g/mol. The molecule has 1 aliphatic heterocycles. The van der Waals surface area contributed by atoms with Crippen LogP contribution in [0.15, 0.2) is 24.3 Å². The molecule has 0 unspecified atom stereocenters. The van der Waals surface area contributed by atoms with Gasteiger partial charge in [-0.3, -0.25) is 57.5 Å². The van der Waals surface area contributed by atoms with Gasteiger partial charge in [0.15, 0.2) is 0 Å². The Labute approximate surface area is 405 Å². The molecule has 1 aliphatic rings. The monoisotopic (exact) mass is 988 g/mol. The van der Waals surface area contributed by atoms with Gasteiger partial charge in [0.2, 0.25) is 70.9 Å². The van der Waals surface area contributed by atoms with Crippen molar-refractivity contribution < 1.29 is 62.6 Å².